The molecule has 4 rings (SSSR count). The normalized spacial score (nSPS) is 38.7. The number of carbonyl (C=O) groups excluding carboxylic acids is 2. The molecule has 0 spiro atoms. The maximum Gasteiger partial charge on any atom is 0.331 e. The average Bonchev–Trinajstić information content (AvgIpc) is 3.35. The second-order valence-electron chi connectivity index (χ2n) is 7.33. The van der Waals surface area contributed by atoms with E-state index in [4.69, 9.17) is 0 Å². The van der Waals surface area contributed by atoms with Gasteiger partial charge in [-0.25, -0.2) is 10.9 Å². The molecule has 0 aromatic heterocycles. The molecule has 4 aliphatic carbocycles. The Hall–Kier alpha value is -2.24. The maximum atomic E-state index is 11.7. The number of nitrogens with zero attached hydrogens (tertiary/aromatic N) is 2. The third-order valence-corrected chi connectivity index (χ3v) is 5.73. The lowest BCUT2D eigenvalue weighted by atomic mass is 9.95. The van der Waals surface area contributed by atoms with Gasteiger partial charge < -0.3 is 0 Å². The maximum absolute atomic E-state index is 11.7. The van der Waals surface area contributed by atoms with E-state index in [9.17, 15) is 9.59 Å². The van der Waals surface area contributed by atoms with Crippen LogP contribution in [0.4, 0.5) is 0 Å². The predicted octanol–water partition coefficient (Wildman–Crippen LogP) is 1.61. The summed E-state index contributed by atoms with van der Waals surface area (Å²) < 4.78 is 0. The molecule has 2 N–H and O–H groups in total. The summed E-state index contributed by atoms with van der Waals surface area (Å²) in [5.74, 6) is 1.54. The number of rotatable bonds is 4. The van der Waals surface area contributed by atoms with Crippen molar-refractivity contribution in [2.24, 2.45) is 45.7 Å². The molecule has 0 heterocycles. The summed E-state index contributed by atoms with van der Waals surface area (Å²) in [6, 6.07) is 0. The van der Waals surface area contributed by atoms with Gasteiger partial charge in [0.2, 0.25) is 0 Å². The summed E-state index contributed by atoms with van der Waals surface area (Å²) >= 11 is 0. The number of fused-ring (bicyclic) bond motifs is 4. The first-order valence-corrected chi connectivity index (χ1v) is 8.72. The van der Waals surface area contributed by atoms with Crippen molar-refractivity contribution in [1.29, 1.82) is 0 Å². The van der Waals surface area contributed by atoms with Crippen LogP contribution < -0.4 is 10.9 Å². The monoisotopic (exact) mass is 326 g/mol. The number of allylic oxidation sites excluding steroid dienone is 4. The zero-order valence-electron chi connectivity index (χ0n) is 13.5. The number of hydrogen-bond donors (Lipinski definition) is 2. The SMILES string of the molecule is O=C(N/N=C\[C@H]1C[C@@H]2C=C[C@@H]1C2)C(=O)N/N=C\[C@H]1C[C@@H]2C=C[C@@H]1C2. The molecular weight excluding hydrogens is 304 g/mol. The van der Waals surface area contributed by atoms with Crippen molar-refractivity contribution in [2.75, 3.05) is 0 Å². The lowest BCUT2D eigenvalue weighted by Crippen LogP contribution is -2.35. The van der Waals surface area contributed by atoms with Gasteiger partial charge in [0.25, 0.3) is 0 Å². The van der Waals surface area contributed by atoms with Crippen LogP contribution in [0.1, 0.15) is 25.7 Å². The van der Waals surface area contributed by atoms with Gasteiger partial charge in [0.05, 0.1) is 0 Å². The first-order valence-electron chi connectivity index (χ1n) is 8.72. The van der Waals surface area contributed by atoms with Crippen LogP contribution in [0.2, 0.25) is 0 Å². The molecule has 2 saturated carbocycles. The predicted molar refractivity (Wildman–Crippen MR) is 91.0 cm³/mol. The number of carbonyl (C=O) groups is 2. The van der Waals surface area contributed by atoms with E-state index in [2.05, 4.69) is 45.4 Å². The highest BCUT2D eigenvalue weighted by Crippen LogP contribution is 2.43. The van der Waals surface area contributed by atoms with Gasteiger partial charge >= 0.3 is 11.8 Å². The van der Waals surface area contributed by atoms with Crippen LogP contribution in [0.5, 0.6) is 0 Å². The number of amides is 2. The Bertz CT molecular complexity index is 595. The zero-order valence-corrected chi connectivity index (χ0v) is 13.5. The van der Waals surface area contributed by atoms with Gasteiger partial charge in [-0.2, -0.15) is 10.2 Å². The Morgan fingerprint density at radius 2 is 1.21 bits per heavy atom. The van der Waals surface area contributed by atoms with Crippen LogP contribution in [0.15, 0.2) is 34.5 Å². The van der Waals surface area contributed by atoms with Crippen molar-refractivity contribution in [1.82, 2.24) is 10.9 Å². The largest absolute Gasteiger partial charge is 0.331 e. The van der Waals surface area contributed by atoms with Gasteiger partial charge in [-0.1, -0.05) is 24.3 Å². The van der Waals surface area contributed by atoms with Crippen molar-refractivity contribution >= 4 is 24.2 Å². The van der Waals surface area contributed by atoms with Crippen molar-refractivity contribution in [2.45, 2.75) is 25.7 Å². The molecule has 4 bridgehead atoms. The van der Waals surface area contributed by atoms with Gasteiger partial charge in [0, 0.05) is 24.3 Å². The Labute approximate surface area is 141 Å². The number of hydrogen-bond acceptors (Lipinski definition) is 4. The smallest absolute Gasteiger partial charge is 0.262 e. The first kappa shape index (κ1) is 15.3. The average molecular weight is 326 g/mol. The molecule has 6 heteroatoms. The summed E-state index contributed by atoms with van der Waals surface area (Å²) in [6.07, 6.45) is 17.0. The summed E-state index contributed by atoms with van der Waals surface area (Å²) in [5, 5.41) is 7.86. The van der Waals surface area contributed by atoms with Gasteiger partial charge in [-0.3, -0.25) is 9.59 Å². The van der Waals surface area contributed by atoms with Crippen molar-refractivity contribution in [3.63, 3.8) is 0 Å². The molecule has 4 aliphatic rings. The molecule has 0 radical (unpaired) electrons. The van der Waals surface area contributed by atoms with Gasteiger partial charge in [-0.05, 0) is 49.4 Å². The molecule has 0 aliphatic heterocycles. The lowest BCUT2D eigenvalue weighted by Gasteiger charge is -2.12. The van der Waals surface area contributed by atoms with Crippen LogP contribution in [-0.4, -0.2) is 24.2 Å². The van der Waals surface area contributed by atoms with Crippen molar-refractivity contribution < 1.29 is 9.59 Å². The van der Waals surface area contributed by atoms with E-state index in [0.717, 1.165) is 12.8 Å². The third-order valence-electron chi connectivity index (χ3n) is 5.73. The van der Waals surface area contributed by atoms with Crippen LogP contribution in [0, 0.1) is 35.5 Å². The van der Waals surface area contributed by atoms with Gasteiger partial charge in [-0.15, -0.1) is 0 Å². The van der Waals surface area contributed by atoms with E-state index in [1.54, 1.807) is 12.4 Å². The quantitative estimate of drug-likeness (QED) is 0.356. The fraction of sp³-hybridized carbons (Fsp3) is 0.556. The molecule has 6 atom stereocenters. The second kappa shape index (κ2) is 6.34. The van der Waals surface area contributed by atoms with Gasteiger partial charge in [0.15, 0.2) is 0 Å². The molecule has 24 heavy (non-hydrogen) atoms. The van der Waals surface area contributed by atoms with Crippen LogP contribution in [0.25, 0.3) is 0 Å². The number of nitrogens with one attached hydrogen (secondary N) is 2. The Morgan fingerprint density at radius 1 is 0.750 bits per heavy atom. The molecule has 2 fully saturated rings. The zero-order chi connectivity index (χ0) is 16.5. The molecule has 0 aromatic rings. The van der Waals surface area contributed by atoms with E-state index in [1.165, 1.54) is 12.8 Å². The van der Waals surface area contributed by atoms with E-state index >= 15 is 0 Å². The van der Waals surface area contributed by atoms with E-state index in [1.807, 2.05) is 0 Å². The molecular formula is C18H22N4O2. The van der Waals surface area contributed by atoms with E-state index in [-0.39, 0.29) is 0 Å². The fourth-order valence-corrected chi connectivity index (χ4v) is 4.47. The number of hydrazone groups is 2. The van der Waals surface area contributed by atoms with Crippen molar-refractivity contribution in [3.05, 3.63) is 24.3 Å². The standard InChI is InChI=1S/C18H22N4O2/c23-17(21-19-9-15-7-11-1-3-13(15)5-11)18(24)22-20-10-16-8-12-2-4-14(16)6-12/h1-4,9-16H,5-8H2,(H,21,23)(H,22,24)/b19-9-,20-10-/t11-,12-,13-,14-,15-,16-/m1/s1. The topological polar surface area (TPSA) is 82.9 Å². The van der Waals surface area contributed by atoms with Gasteiger partial charge in [0.1, 0.15) is 0 Å². The molecule has 0 aromatic carbocycles. The van der Waals surface area contributed by atoms with Crippen LogP contribution >= 0.6 is 0 Å². The Morgan fingerprint density at radius 3 is 1.54 bits per heavy atom. The summed E-state index contributed by atoms with van der Waals surface area (Å²) in [4.78, 5) is 23.4. The second-order valence-corrected chi connectivity index (χ2v) is 7.33. The summed E-state index contributed by atoms with van der Waals surface area (Å²) in [5.41, 5.74) is 4.57. The highest BCUT2D eigenvalue weighted by molar-refractivity contribution is 6.35. The Balaban J connectivity index is 1.19. The molecule has 0 unspecified atom stereocenters. The highest BCUT2D eigenvalue weighted by Gasteiger charge is 2.35. The highest BCUT2D eigenvalue weighted by atomic mass is 16.2. The molecule has 0 saturated heterocycles. The van der Waals surface area contributed by atoms with Crippen LogP contribution in [0.3, 0.4) is 0 Å². The summed E-state index contributed by atoms with van der Waals surface area (Å²) in [6.45, 7) is 0. The molecule has 6 nitrogen and oxygen atoms in total. The minimum atomic E-state index is -0.782. The molecule has 2 amide bonds. The van der Waals surface area contributed by atoms with E-state index in [0.29, 0.717) is 35.5 Å². The first-order chi connectivity index (χ1) is 11.7. The van der Waals surface area contributed by atoms with Crippen molar-refractivity contribution in [3.8, 4) is 0 Å². The van der Waals surface area contributed by atoms with Crippen LogP contribution in [-0.2, 0) is 9.59 Å². The minimum absolute atomic E-state index is 0.368. The van der Waals surface area contributed by atoms with E-state index < -0.39 is 11.8 Å². The molecule has 126 valence electrons. The fourth-order valence-electron chi connectivity index (χ4n) is 4.47. The Kier molecular flexibility index (Phi) is 4.04. The third kappa shape index (κ3) is 3.05. The summed E-state index contributed by atoms with van der Waals surface area (Å²) in [7, 11) is 0. The minimum Gasteiger partial charge on any atom is -0.262 e. The lowest BCUT2D eigenvalue weighted by molar-refractivity contribution is -0.139.